The third-order valence-electron chi connectivity index (χ3n) is 4.35. The molecular formula is C22H23N3O4. The molecule has 0 aliphatic carbocycles. The molecule has 2 aromatic carbocycles. The number of rotatable bonds is 8. The lowest BCUT2D eigenvalue weighted by Gasteiger charge is -2.11. The summed E-state index contributed by atoms with van der Waals surface area (Å²) in [5.41, 5.74) is 2.54. The number of anilines is 2. The number of hydrogen-bond acceptors (Lipinski definition) is 5. The lowest BCUT2D eigenvalue weighted by molar-refractivity contribution is -0.119. The maximum atomic E-state index is 12.1. The monoisotopic (exact) mass is 393 g/mol. The predicted molar refractivity (Wildman–Crippen MR) is 109 cm³/mol. The van der Waals surface area contributed by atoms with Crippen LogP contribution in [0, 0.1) is 11.3 Å². The number of ether oxygens (including phenoxy) is 1. The second-order valence-corrected chi connectivity index (χ2v) is 6.52. The normalized spacial score (nSPS) is 11.1. The van der Waals surface area contributed by atoms with Gasteiger partial charge >= 0.3 is 5.97 Å². The molecule has 1 atom stereocenters. The van der Waals surface area contributed by atoms with Crippen molar-refractivity contribution in [3.05, 3.63) is 59.7 Å². The second kappa shape index (κ2) is 10.6. The first-order chi connectivity index (χ1) is 13.9. The van der Waals surface area contributed by atoms with Crippen molar-refractivity contribution in [3.8, 4) is 6.07 Å². The Bertz CT molecular complexity index is 899. The molecule has 29 heavy (non-hydrogen) atoms. The molecule has 2 rings (SSSR count). The molecule has 0 aromatic heterocycles. The molecular weight excluding hydrogens is 370 g/mol. The molecule has 0 spiro atoms. The van der Waals surface area contributed by atoms with Crippen LogP contribution in [-0.4, -0.2) is 24.4 Å². The summed E-state index contributed by atoms with van der Waals surface area (Å²) >= 11 is 0. The molecule has 7 nitrogen and oxygen atoms in total. The second-order valence-electron chi connectivity index (χ2n) is 6.52. The van der Waals surface area contributed by atoms with Crippen LogP contribution in [0.3, 0.4) is 0 Å². The summed E-state index contributed by atoms with van der Waals surface area (Å²) in [6, 6.07) is 15.3. The van der Waals surface area contributed by atoms with E-state index >= 15 is 0 Å². The summed E-state index contributed by atoms with van der Waals surface area (Å²) in [5, 5.41) is 13.7. The number of carbonyl (C=O) groups is 3. The van der Waals surface area contributed by atoms with Gasteiger partial charge in [-0.1, -0.05) is 26.0 Å². The summed E-state index contributed by atoms with van der Waals surface area (Å²) in [5.74, 6) is -1.07. The number of nitrogens with zero attached hydrogens (tertiary/aromatic N) is 1. The minimum atomic E-state index is -0.651. The van der Waals surface area contributed by atoms with Crippen LogP contribution in [0.2, 0.25) is 0 Å². The van der Waals surface area contributed by atoms with Gasteiger partial charge in [0.05, 0.1) is 11.6 Å². The van der Waals surface area contributed by atoms with Gasteiger partial charge in [0.25, 0.3) is 5.91 Å². The highest BCUT2D eigenvalue weighted by atomic mass is 16.5. The van der Waals surface area contributed by atoms with Gasteiger partial charge in [0.1, 0.15) is 6.42 Å². The molecule has 150 valence electrons. The Morgan fingerprint density at radius 3 is 2.07 bits per heavy atom. The Morgan fingerprint density at radius 1 is 0.966 bits per heavy atom. The summed E-state index contributed by atoms with van der Waals surface area (Å²) in [4.78, 5) is 35.4. The van der Waals surface area contributed by atoms with Gasteiger partial charge in [-0.15, -0.1) is 0 Å². The third kappa shape index (κ3) is 6.78. The van der Waals surface area contributed by atoms with Crippen LogP contribution in [-0.2, 0) is 14.3 Å². The maximum Gasteiger partial charge on any atom is 0.338 e. The lowest BCUT2D eigenvalue weighted by atomic mass is 9.99. The molecule has 0 aliphatic rings. The van der Waals surface area contributed by atoms with Gasteiger partial charge in [-0.3, -0.25) is 9.59 Å². The zero-order valence-corrected chi connectivity index (χ0v) is 16.4. The molecule has 2 aromatic rings. The van der Waals surface area contributed by atoms with Gasteiger partial charge in [0, 0.05) is 11.4 Å². The number of amides is 2. The van der Waals surface area contributed by atoms with E-state index in [4.69, 9.17) is 10.00 Å². The lowest BCUT2D eigenvalue weighted by Crippen LogP contribution is -2.21. The Kier molecular flexibility index (Phi) is 7.92. The van der Waals surface area contributed by atoms with Crippen molar-refractivity contribution in [2.75, 3.05) is 17.2 Å². The average molecular weight is 393 g/mol. The standard InChI is InChI=1S/C22H23N3O4/c1-3-15(2)16-4-8-19(9-5-16)25-21(27)14-29-22(28)17-6-10-18(11-7-17)24-20(26)12-13-23/h4-11,15H,3,12,14H2,1-2H3,(H,24,26)(H,25,27)/t15-/m1/s1. The van der Waals surface area contributed by atoms with Crippen molar-refractivity contribution in [2.45, 2.75) is 32.6 Å². The molecule has 0 saturated carbocycles. The number of hydrogen-bond donors (Lipinski definition) is 2. The number of benzene rings is 2. The predicted octanol–water partition coefficient (Wildman–Crippen LogP) is 3.85. The molecule has 0 radical (unpaired) electrons. The van der Waals surface area contributed by atoms with Crippen LogP contribution in [0.4, 0.5) is 11.4 Å². The number of carbonyl (C=O) groups excluding carboxylic acids is 3. The summed E-state index contributed by atoms with van der Waals surface area (Å²) in [6.07, 6.45) is 0.786. The zero-order valence-electron chi connectivity index (χ0n) is 16.4. The van der Waals surface area contributed by atoms with E-state index in [1.165, 1.54) is 29.8 Å². The van der Waals surface area contributed by atoms with Crippen LogP contribution in [0.1, 0.15) is 48.5 Å². The first-order valence-corrected chi connectivity index (χ1v) is 9.26. The molecule has 0 aliphatic heterocycles. The zero-order chi connectivity index (χ0) is 21.2. The highest BCUT2D eigenvalue weighted by Gasteiger charge is 2.11. The Hall–Kier alpha value is -3.66. The SMILES string of the molecule is CC[C@@H](C)c1ccc(NC(=O)COC(=O)c2ccc(NC(=O)CC#N)cc2)cc1. The first kappa shape index (κ1) is 21.6. The van der Waals surface area contributed by atoms with Crippen molar-refractivity contribution in [1.82, 2.24) is 0 Å². The first-order valence-electron chi connectivity index (χ1n) is 9.26. The maximum absolute atomic E-state index is 12.1. The molecule has 2 N–H and O–H groups in total. The smallest absolute Gasteiger partial charge is 0.338 e. The topological polar surface area (TPSA) is 108 Å². The molecule has 2 amide bonds. The molecule has 7 heteroatoms. The fourth-order valence-electron chi connectivity index (χ4n) is 2.51. The fraction of sp³-hybridized carbons (Fsp3) is 0.273. The largest absolute Gasteiger partial charge is 0.452 e. The van der Waals surface area contributed by atoms with Gasteiger partial charge in [-0.2, -0.15) is 5.26 Å². The Morgan fingerprint density at radius 2 is 1.52 bits per heavy atom. The van der Waals surface area contributed by atoms with E-state index in [2.05, 4.69) is 24.5 Å². The average Bonchev–Trinajstić information content (AvgIpc) is 2.72. The van der Waals surface area contributed by atoms with Crippen molar-refractivity contribution in [3.63, 3.8) is 0 Å². The molecule has 0 bridgehead atoms. The Labute approximate surface area is 169 Å². The highest BCUT2D eigenvalue weighted by molar-refractivity contribution is 5.96. The van der Waals surface area contributed by atoms with E-state index in [0.29, 0.717) is 17.3 Å². The van der Waals surface area contributed by atoms with Crippen LogP contribution >= 0.6 is 0 Å². The van der Waals surface area contributed by atoms with Crippen molar-refractivity contribution in [2.24, 2.45) is 0 Å². The van der Waals surface area contributed by atoms with E-state index in [9.17, 15) is 14.4 Å². The minimum absolute atomic E-state index is 0.244. The van der Waals surface area contributed by atoms with Crippen molar-refractivity contribution in [1.29, 1.82) is 5.26 Å². The van der Waals surface area contributed by atoms with Crippen LogP contribution in [0.5, 0.6) is 0 Å². The molecule has 0 fully saturated rings. The number of esters is 1. The van der Waals surface area contributed by atoms with Crippen LogP contribution in [0.15, 0.2) is 48.5 Å². The van der Waals surface area contributed by atoms with Crippen LogP contribution in [0.25, 0.3) is 0 Å². The van der Waals surface area contributed by atoms with Gasteiger partial charge in [-0.25, -0.2) is 4.79 Å². The molecule has 0 unspecified atom stereocenters. The van der Waals surface area contributed by atoms with Gasteiger partial charge < -0.3 is 15.4 Å². The van der Waals surface area contributed by atoms with E-state index in [0.717, 1.165) is 6.42 Å². The molecule has 0 heterocycles. The third-order valence-corrected chi connectivity index (χ3v) is 4.35. The van der Waals surface area contributed by atoms with Gasteiger partial charge in [-0.05, 0) is 54.3 Å². The Balaban J connectivity index is 1.83. The van der Waals surface area contributed by atoms with Gasteiger partial charge in [0.15, 0.2) is 6.61 Å². The summed E-state index contributed by atoms with van der Waals surface area (Å²) in [6.45, 7) is 3.85. The summed E-state index contributed by atoms with van der Waals surface area (Å²) < 4.78 is 5.02. The minimum Gasteiger partial charge on any atom is -0.452 e. The number of nitrogens with one attached hydrogen (secondary N) is 2. The van der Waals surface area contributed by atoms with Crippen molar-refractivity contribution < 1.29 is 19.1 Å². The van der Waals surface area contributed by atoms with E-state index in [1.807, 2.05) is 24.3 Å². The van der Waals surface area contributed by atoms with E-state index in [1.54, 1.807) is 6.07 Å². The van der Waals surface area contributed by atoms with E-state index < -0.39 is 24.4 Å². The highest BCUT2D eigenvalue weighted by Crippen LogP contribution is 2.20. The van der Waals surface area contributed by atoms with Crippen molar-refractivity contribution >= 4 is 29.2 Å². The fourth-order valence-corrected chi connectivity index (χ4v) is 2.51. The van der Waals surface area contributed by atoms with E-state index in [-0.39, 0.29) is 12.0 Å². The number of nitriles is 1. The quantitative estimate of drug-likeness (QED) is 0.662. The summed E-state index contributed by atoms with van der Waals surface area (Å²) in [7, 11) is 0. The molecule has 0 saturated heterocycles. The van der Waals surface area contributed by atoms with Crippen LogP contribution < -0.4 is 10.6 Å². The van der Waals surface area contributed by atoms with Gasteiger partial charge in [0.2, 0.25) is 5.91 Å².